The van der Waals surface area contributed by atoms with Crippen LogP contribution in [0.15, 0.2) is 0 Å². The molecule has 0 amide bonds. The van der Waals surface area contributed by atoms with Crippen LogP contribution in [-0.2, 0) is 9.84 Å². The van der Waals surface area contributed by atoms with E-state index in [1.165, 1.54) is 31.9 Å². The van der Waals surface area contributed by atoms with Gasteiger partial charge in [-0.3, -0.25) is 11.3 Å². The van der Waals surface area contributed by atoms with E-state index in [1.807, 2.05) is 0 Å². The second-order valence-electron chi connectivity index (χ2n) is 4.49. The van der Waals surface area contributed by atoms with Crippen LogP contribution >= 0.6 is 0 Å². The minimum Gasteiger partial charge on any atom is -0.271 e. The molecular formula is C11H26N2O2S. The van der Waals surface area contributed by atoms with E-state index in [0.29, 0.717) is 6.42 Å². The smallest absolute Gasteiger partial charge is 0.147 e. The van der Waals surface area contributed by atoms with Gasteiger partial charge in [-0.05, 0) is 19.3 Å². The molecule has 0 aliphatic heterocycles. The summed E-state index contributed by atoms with van der Waals surface area (Å²) in [4.78, 5) is 0. The van der Waals surface area contributed by atoms with Crippen LogP contribution < -0.4 is 11.3 Å². The van der Waals surface area contributed by atoms with Gasteiger partial charge in [0.25, 0.3) is 0 Å². The lowest BCUT2D eigenvalue weighted by Crippen LogP contribution is -2.35. The minimum atomic E-state index is -2.83. The fourth-order valence-corrected chi connectivity index (χ4v) is 2.41. The molecule has 0 spiro atoms. The standard InChI is InChI=1S/C11H26N2O2S/c1-3-4-5-6-8-11(13-12)9-7-10-16(2,14)15/h11,13H,3-10,12H2,1-2H3. The van der Waals surface area contributed by atoms with E-state index in [1.54, 1.807) is 0 Å². The molecule has 0 aromatic rings. The molecule has 0 aromatic carbocycles. The zero-order chi connectivity index (χ0) is 12.4. The van der Waals surface area contributed by atoms with Gasteiger partial charge in [0.2, 0.25) is 0 Å². The molecule has 0 aliphatic carbocycles. The maximum atomic E-state index is 10.9. The highest BCUT2D eigenvalue weighted by Crippen LogP contribution is 2.09. The maximum absolute atomic E-state index is 10.9. The highest BCUT2D eigenvalue weighted by Gasteiger charge is 2.08. The predicted molar refractivity (Wildman–Crippen MR) is 68.8 cm³/mol. The first-order valence-corrected chi connectivity index (χ1v) is 8.19. The van der Waals surface area contributed by atoms with Gasteiger partial charge in [0.1, 0.15) is 9.84 Å². The SMILES string of the molecule is CCCCCCC(CCCS(C)(=O)=O)NN. The van der Waals surface area contributed by atoms with E-state index in [0.717, 1.165) is 12.8 Å². The van der Waals surface area contributed by atoms with Crippen molar-refractivity contribution in [2.75, 3.05) is 12.0 Å². The van der Waals surface area contributed by atoms with Crippen LogP contribution in [0.3, 0.4) is 0 Å². The van der Waals surface area contributed by atoms with E-state index in [-0.39, 0.29) is 11.8 Å². The third-order valence-electron chi connectivity index (χ3n) is 2.71. The number of rotatable bonds is 10. The second kappa shape index (κ2) is 8.96. The van der Waals surface area contributed by atoms with Crippen molar-refractivity contribution in [3.05, 3.63) is 0 Å². The van der Waals surface area contributed by atoms with E-state index in [2.05, 4.69) is 12.3 Å². The highest BCUT2D eigenvalue weighted by molar-refractivity contribution is 7.90. The van der Waals surface area contributed by atoms with Gasteiger partial charge < -0.3 is 0 Å². The van der Waals surface area contributed by atoms with Crippen molar-refractivity contribution < 1.29 is 8.42 Å². The molecule has 0 heterocycles. The van der Waals surface area contributed by atoms with Crippen LogP contribution in [0.2, 0.25) is 0 Å². The summed E-state index contributed by atoms with van der Waals surface area (Å²) in [5.41, 5.74) is 2.77. The van der Waals surface area contributed by atoms with Crippen molar-refractivity contribution in [3.8, 4) is 0 Å². The average molecular weight is 250 g/mol. The Labute approximate surface area is 99.9 Å². The maximum Gasteiger partial charge on any atom is 0.147 e. The summed E-state index contributed by atoms with van der Waals surface area (Å²) in [6.07, 6.45) is 8.76. The van der Waals surface area contributed by atoms with Gasteiger partial charge >= 0.3 is 0 Å². The molecule has 0 aromatic heterocycles. The van der Waals surface area contributed by atoms with Crippen molar-refractivity contribution in [2.24, 2.45) is 5.84 Å². The molecule has 5 heteroatoms. The molecule has 16 heavy (non-hydrogen) atoms. The minimum absolute atomic E-state index is 0.263. The zero-order valence-corrected chi connectivity index (χ0v) is 11.4. The first kappa shape index (κ1) is 15.9. The van der Waals surface area contributed by atoms with Gasteiger partial charge in [0.15, 0.2) is 0 Å². The summed E-state index contributed by atoms with van der Waals surface area (Å²) in [7, 11) is -2.83. The number of nitrogens with two attached hydrogens (primary N) is 1. The Morgan fingerprint density at radius 1 is 1.12 bits per heavy atom. The van der Waals surface area contributed by atoms with Gasteiger partial charge in [0, 0.05) is 18.1 Å². The molecule has 98 valence electrons. The molecule has 0 radical (unpaired) electrons. The molecule has 0 saturated carbocycles. The fraction of sp³-hybridized carbons (Fsp3) is 1.00. The van der Waals surface area contributed by atoms with Crippen LogP contribution in [0.5, 0.6) is 0 Å². The zero-order valence-electron chi connectivity index (χ0n) is 10.5. The lowest BCUT2D eigenvalue weighted by atomic mass is 10.0. The Morgan fingerprint density at radius 2 is 1.75 bits per heavy atom. The molecule has 3 N–H and O–H groups in total. The Hall–Kier alpha value is -0.130. The molecule has 0 saturated heterocycles. The summed E-state index contributed by atoms with van der Waals surface area (Å²) < 4.78 is 21.9. The first-order chi connectivity index (χ1) is 7.49. The monoisotopic (exact) mass is 250 g/mol. The third kappa shape index (κ3) is 10.4. The summed E-state index contributed by atoms with van der Waals surface area (Å²) in [6, 6.07) is 0.263. The van der Waals surface area contributed by atoms with E-state index >= 15 is 0 Å². The van der Waals surface area contributed by atoms with Crippen LogP contribution in [0.25, 0.3) is 0 Å². The van der Waals surface area contributed by atoms with Crippen LogP contribution in [0, 0.1) is 0 Å². The second-order valence-corrected chi connectivity index (χ2v) is 6.74. The lowest BCUT2D eigenvalue weighted by molar-refractivity contribution is 0.437. The molecule has 0 rings (SSSR count). The number of sulfone groups is 1. The van der Waals surface area contributed by atoms with Gasteiger partial charge in [0.05, 0.1) is 0 Å². The molecule has 0 aliphatic rings. The fourth-order valence-electron chi connectivity index (χ4n) is 1.72. The summed E-state index contributed by atoms with van der Waals surface area (Å²) in [5.74, 6) is 5.70. The summed E-state index contributed by atoms with van der Waals surface area (Å²) in [6.45, 7) is 2.19. The number of hydrogen-bond acceptors (Lipinski definition) is 4. The van der Waals surface area contributed by atoms with E-state index in [9.17, 15) is 8.42 Å². The van der Waals surface area contributed by atoms with Gasteiger partial charge in [-0.15, -0.1) is 0 Å². The Morgan fingerprint density at radius 3 is 2.25 bits per heavy atom. The van der Waals surface area contributed by atoms with Gasteiger partial charge in [-0.2, -0.15) is 0 Å². The summed E-state index contributed by atoms with van der Waals surface area (Å²) in [5, 5.41) is 0. The van der Waals surface area contributed by atoms with Gasteiger partial charge in [-0.1, -0.05) is 32.6 Å². The van der Waals surface area contributed by atoms with E-state index < -0.39 is 9.84 Å². The van der Waals surface area contributed by atoms with Crippen molar-refractivity contribution in [3.63, 3.8) is 0 Å². The van der Waals surface area contributed by atoms with Crippen LogP contribution in [0.4, 0.5) is 0 Å². The largest absolute Gasteiger partial charge is 0.271 e. The third-order valence-corrected chi connectivity index (χ3v) is 3.74. The normalized spacial score (nSPS) is 13.9. The molecule has 0 fully saturated rings. The van der Waals surface area contributed by atoms with Gasteiger partial charge in [-0.25, -0.2) is 8.42 Å². The lowest BCUT2D eigenvalue weighted by Gasteiger charge is -2.15. The Bertz CT molecular complexity index is 253. The van der Waals surface area contributed by atoms with Crippen molar-refractivity contribution in [1.82, 2.24) is 5.43 Å². The quantitative estimate of drug-likeness (QED) is 0.351. The molecule has 1 atom stereocenters. The van der Waals surface area contributed by atoms with E-state index in [4.69, 9.17) is 5.84 Å². The van der Waals surface area contributed by atoms with Crippen LogP contribution in [-0.4, -0.2) is 26.5 Å². The number of unbranched alkanes of at least 4 members (excludes halogenated alkanes) is 3. The molecular weight excluding hydrogens is 224 g/mol. The molecule has 1 unspecified atom stereocenters. The predicted octanol–water partition coefficient (Wildman–Crippen LogP) is 1.61. The number of hydrazine groups is 1. The number of hydrogen-bond donors (Lipinski definition) is 2. The Kier molecular flexibility index (Phi) is 8.89. The van der Waals surface area contributed by atoms with Crippen molar-refractivity contribution in [2.45, 2.75) is 57.9 Å². The average Bonchev–Trinajstić information content (AvgIpc) is 2.20. The Balaban J connectivity index is 3.59. The first-order valence-electron chi connectivity index (χ1n) is 6.13. The van der Waals surface area contributed by atoms with Crippen molar-refractivity contribution in [1.29, 1.82) is 0 Å². The number of nitrogens with one attached hydrogen (secondary N) is 1. The summed E-state index contributed by atoms with van der Waals surface area (Å²) >= 11 is 0. The topological polar surface area (TPSA) is 72.2 Å². The highest BCUT2D eigenvalue weighted by atomic mass is 32.2. The molecule has 0 bridgehead atoms. The molecule has 4 nitrogen and oxygen atoms in total. The van der Waals surface area contributed by atoms with Crippen molar-refractivity contribution >= 4 is 9.84 Å². The van der Waals surface area contributed by atoms with Crippen LogP contribution in [0.1, 0.15) is 51.9 Å².